The highest BCUT2D eigenvalue weighted by atomic mass is 32.2. The van der Waals surface area contributed by atoms with Gasteiger partial charge in [0.1, 0.15) is 11.3 Å². The summed E-state index contributed by atoms with van der Waals surface area (Å²) in [4.78, 5) is 4.22. The first-order valence-electron chi connectivity index (χ1n) is 5.68. The molecule has 2 aromatic rings. The van der Waals surface area contributed by atoms with Crippen molar-refractivity contribution in [3.8, 4) is 5.75 Å². The van der Waals surface area contributed by atoms with Crippen molar-refractivity contribution in [2.24, 2.45) is 0 Å². The van der Waals surface area contributed by atoms with Crippen LogP contribution in [0.4, 0.5) is 10.8 Å². The number of hydrogen-bond acceptors (Lipinski definition) is 7. The van der Waals surface area contributed by atoms with Gasteiger partial charge in [-0.15, -0.1) is 0 Å². The van der Waals surface area contributed by atoms with E-state index >= 15 is 0 Å². The van der Waals surface area contributed by atoms with Crippen molar-refractivity contribution in [1.29, 1.82) is 0 Å². The third-order valence-corrected chi connectivity index (χ3v) is 4.76. The van der Waals surface area contributed by atoms with Gasteiger partial charge >= 0.3 is 0 Å². The van der Waals surface area contributed by atoms with E-state index in [1.165, 1.54) is 25.6 Å². The Balaban J connectivity index is 2.33. The van der Waals surface area contributed by atoms with Crippen LogP contribution in [-0.2, 0) is 14.8 Å². The molecular weight excluding hydrogens is 302 g/mol. The number of fused-ring (bicyclic) bond motifs is 1. The second kappa shape index (κ2) is 5.81. The van der Waals surface area contributed by atoms with E-state index in [4.69, 9.17) is 15.2 Å². The normalized spacial score (nSPS) is 11.7. The van der Waals surface area contributed by atoms with Gasteiger partial charge in [0.05, 0.1) is 24.2 Å². The highest BCUT2D eigenvalue weighted by Crippen LogP contribution is 2.34. The van der Waals surface area contributed by atoms with E-state index < -0.39 is 10.0 Å². The van der Waals surface area contributed by atoms with Gasteiger partial charge in [0.25, 0.3) is 0 Å². The number of nitrogens with one attached hydrogen (secondary N) is 1. The number of aromatic nitrogens is 1. The second-order valence-corrected chi connectivity index (χ2v) is 6.88. The number of nitrogens with two attached hydrogens (primary N) is 1. The summed E-state index contributed by atoms with van der Waals surface area (Å²) >= 11 is 1.20. The van der Waals surface area contributed by atoms with E-state index in [2.05, 4.69) is 9.71 Å². The zero-order chi connectivity index (χ0) is 14.8. The van der Waals surface area contributed by atoms with Crippen molar-refractivity contribution in [1.82, 2.24) is 4.98 Å². The predicted molar refractivity (Wildman–Crippen MR) is 79.9 cm³/mol. The highest BCUT2D eigenvalue weighted by molar-refractivity contribution is 7.92. The van der Waals surface area contributed by atoms with Crippen LogP contribution in [0.5, 0.6) is 5.75 Å². The minimum absolute atomic E-state index is 0.122. The molecule has 1 heterocycles. The molecule has 0 amide bonds. The number of anilines is 2. The molecule has 0 atom stereocenters. The van der Waals surface area contributed by atoms with E-state index in [9.17, 15) is 8.42 Å². The molecule has 110 valence electrons. The van der Waals surface area contributed by atoms with Gasteiger partial charge in [0.15, 0.2) is 5.13 Å². The quantitative estimate of drug-likeness (QED) is 0.778. The standard InChI is InChI=1S/C11H15N3O4S2/c1-17-3-4-20(15,16)14-11-13-10-8(18-2)5-7(12)6-9(10)19-11/h5-6H,3-4,12H2,1-2H3,(H,13,14). The number of rotatable bonds is 6. The molecule has 9 heteroatoms. The first-order valence-corrected chi connectivity index (χ1v) is 8.15. The van der Waals surface area contributed by atoms with Crippen LogP contribution < -0.4 is 15.2 Å². The highest BCUT2D eigenvalue weighted by Gasteiger charge is 2.15. The predicted octanol–water partition coefficient (Wildman–Crippen LogP) is 1.28. The van der Waals surface area contributed by atoms with E-state index in [1.54, 1.807) is 12.1 Å². The van der Waals surface area contributed by atoms with Crippen molar-refractivity contribution < 1.29 is 17.9 Å². The zero-order valence-electron chi connectivity index (χ0n) is 11.0. The van der Waals surface area contributed by atoms with E-state index in [1.807, 2.05) is 0 Å². The molecule has 0 saturated heterocycles. The summed E-state index contributed by atoms with van der Waals surface area (Å²) in [5.74, 6) is 0.386. The Hall–Kier alpha value is -1.58. The lowest BCUT2D eigenvalue weighted by molar-refractivity contribution is 0.217. The van der Waals surface area contributed by atoms with Crippen LogP contribution in [0.3, 0.4) is 0 Å². The smallest absolute Gasteiger partial charge is 0.236 e. The van der Waals surface area contributed by atoms with Gasteiger partial charge in [-0.3, -0.25) is 4.72 Å². The van der Waals surface area contributed by atoms with Gasteiger partial charge in [0.2, 0.25) is 10.0 Å². The van der Waals surface area contributed by atoms with Crippen molar-refractivity contribution in [2.75, 3.05) is 37.0 Å². The molecule has 0 aliphatic rings. The second-order valence-electron chi connectivity index (χ2n) is 4.00. The number of hydrogen-bond donors (Lipinski definition) is 2. The number of nitrogen functional groups attached to an aromatic ring is 1. The molecule has 0 spiro atoms. The minimum atomic E-state index is -3.47. The Labute approximate surface area is 120 Å². The van der Waals surface area contributed by atoms with Crippen LogP contribution in [0.15, 0.2) is 12.1 Å². The summed E-state index contributed by atoms with van der Waals surface area (Å²) in [6.45, 7) is 0.122. The molecule has 0 saturated carbocycles. The van der Waals surface area contributed by atoms with Crippen molar-refractivity contribution in [3.63, 3.8) is 0 Å². The summed E-state index contributed by atoms with van der Waals surface area (Å²) in [6, 6.07) is 3.37. The molecule has 1 aromatic carbocycles. The first kappa shape index (κ1) is 14.8. The molecule has 0 unspecified atom stereocenters. The Morgan fingerprint density at radius 3 is 2.80 bits per heavy atom. The summed E-state index contributed by atoms with van der Waals surface area (Å²) in [7, 11) is -0.518. The van der Waals surface area contributed by atoms with Gasteiger partial charge in [-0.25, -0.2) is 13.4 Å². The Kier molecular flexibility index (Phi) is 4.31. The Bertz CT molecular complexity index is 712. The lowest BCUT2D eigenvalue weighted by atomic mass is 10.3. The fourth-order valence-electron chi connectivity index (χ4n) is 1.60. The van der Waals surface area contributed by atoms with Gasteiger partial charge in [-0.05, 0) is 6.07 Å². The molecule has 7 nitrogen and oxygen atoms in total. The number of sulfonamides is 1. The maximum atomic E-state index is 11.8. The molecule has 0 fully saturated rings. The monoisotopic (exact) mass is 317 g/mol. The SMILES string of the molecule is COCCS(=O)(=O)Nc1nc2c(OC)cc(N)cc2s1. The Morgan fingerprint density at radius 1 is 1.40 bits per heavy atom. The van der Waals surface area contributed by atoms with Crippen LogP contribution in [0, 0.1) is 0 Å². The molecular formula is C11H15N3O4S2. The summed E-state index contributed by atoms with van der Waals surface area (Å²) in [5, 5.41) is 0.278. The van der Waals surface area contributed by atoms with Crippen LogP contribution in [0.2, 0.25) is 0 Å². The average molecular weight is 317 g/mol. The van der Waals surface area contributed by atoms with E-state index in [0.717, 1.165) is 4.70 Å². The molecule has 20 heavy (non-hydrogen) atoms. The molecule has 2 rings (SSSR count). The van der Waals surface area contributed by atoms with Crippen LogP contribution >= 0.6 is 11.3 Å². The number of nitrogens with zero attached hydrogens (tertiary/aromatic N) is 1. The van der Waals surface area contributed by atoms with Crippen molar-refractivity contribution in [3.05, 3.63) is 12.1 Å². The fraction of sp³-hybridized carbons (Fsp3) is 0.364. The van der Waals surface area contributed by atoms with Gasteiger partial charge in [-0.1, -0.05) is 11.3 Å². The number of methoxy groups -OCH3 is 2. The van der Waals surface area contributed by atoms with Crippen molar-refractivity contribution in [2.45, 2.75) is 0 Å². The first-order chi connectivity index (χ1) is 9.45. The van der Waals surface area contributed by atoms with E-state index in [0.29, 0.717) is 17.0 Å². The fourth-order valence-corrected chi connectivity index (χ4v) is 3.73. The molecule has 1 aromatic heterocycles. The summed E-state index contributed by atoms with van der Waals surface area (Å²) in [5.41, 5.74) is 6.86. The largest absolute Gasteiger partial charge is 0.494 e. The summed E-state index contributed by atoms with van der Waals surface area (Å²) in [6.07, 6.45) is 0. The number of thiazole rings is 1. The average Bonchev–Trinajstić information content (AvgIpc) is 2.76. The van der Waals surface area contributed by atoms with Crippen LogP contribution in [0.1, 0.15) is 0 Å². The Morgan fingerprint density at radius 2 is 2.15 bits per heavy atom. The van der Waals surface area contributed by atoms with Gasteiger partial charge < -0.3 is 15.2 Å². The third-order valence-electron chi connectivity index (χ3n) is 2.50. The third kappa shape index (κ3) is 3.30. The van der Waals surface area contributed by atoms with Gasteiger partial charge in [0, 0.05) is 18.9 Å². The van der Waals surface area contributed by atoms with Crippen LogP contribution in [0.25, 0.3) is 10.2 Å². The number of ether oxygens (including phenoxy) is 2. The zero-order valence-corrected chi connectivity index (χ0v) is 12.7. The minimum Gasteiger partial charge on any atom is -0.494 e. The van der Waals surface area contributed by atoms with E-state index in [-0.39, 0.29) is 17.5 Å². The molecule has 0 bridgehead atoms. The van der Waals surface area contributed by atoms with Gasteiger partial charge in [-0.2, -0.15) is 0 Å². The summed E-state index contributed by atoms with van der Waals surface area (Å²) < 4.78 is 36.7. The molecule has 0 aliphatic carbocycles. The lowest BCUT2D eigenvalue weighted by Gasteiger charge is -2.03. The van der Waals surface area contributed by atoms with Crippen molar-refractivity contribution >= 4 is 42.4 Å². The lowest BCUT2D eigenvalue weighted by Crippen LogP contribution is -2.19. The maximum absolute atomic E-state index is 11.8. The molecule has 3 N–H and O–H groups in total. The number of benzene rings is 1. The molecule has 0 radical (unpaired) electrons. The molecule has 0 aliphatic heterocycles. The van der Waals surface area contributed by atoms with Crippen LogP contribution in [-0.4, -0.2) is 40.0 Å². The maximum Gasteiger partial charge on any atom is 0.236 e. The topological polar surface area (TPSA) is 104 Å².